The van der Waals surface area contributed by atoms with Gasteiger partial charge in [0.1, 0.15) is 5.75 Å². The molecule has 0 unspecified atom stereocenters. The molecule has 2 aromatic rings. The molecule has 1 aliphatic heterocycles. The molecule has 2 atom stereocenters. The number of amides is 2. The van der Waals surface area contributed by atoms with Gasteiger partial charge in [-0.25, -0.2) is 4.79 Å². The van der Waals surface area contributed by atoms with Crippen LogP contribution in [0.2, 0.25) is 5.02 Å². The van der Waals surface area contributed by atoms with Crippen LogP contribution in [0.3, 0.4) is 0 Å². The van der Waals surface area contributed by atoms with Gasteiger partial charge in [-0.2, -0.15) is 0 Å². The minimum atomic E-state index is -0.0750. The Kier molecular flexibility index (Phi) is 4.30. The summed E-state index contributed by atoms with van der Waals surface area (Å²) in [4.78, 5) is 14.7. The summed E-state index contributed by atoms with van der Waals surface area (Å²) >= 11 is 6.22. The van der Waals surface area contributed by atoms with Crippen LogP contribution < -0.4 is 10.1 Å². The van der Waals surface area contributed by atoms with Crippen molar-refractivity contribution >= 4 is 17.6 Å². The van der Waals surface area contributed by atoms with Crippen LogP contribution >= 0.6 is 11.6 Å². The van der Waals surface area contributed by atoms with E-state index in [0.717, 1.165) is 24.8 Å². The fourth-order valence-electron chi connectivity index (χ4n) is 3.87. The molecule has 0 spiro atoms. The maximum atomic E-state index is 12.8. The number of para-hydroxylation sites is 1. The molecular formula is C20H21ClN2O2. The molecule has 130 valence electrons. The molecule has 0 saturated heterocycles. The molecule has 2 aromatic carbocycles. The number of benzene rings is 2. The zero-order chi connectivity index (χ0) is 17.4. The quantitative estimate of drug-likeness (QED) is 0.861. The second-order valence-electron chi connectivity index (χ2n) is 6.66. The first kappa shape index (κ1) is 16.3. The number of hydrogen-bond acceptors (Lipinski definition) is 2. The Labute approximate surface area is 152 Å². The third kappa shape index (κ3) is 2.95. The van der Waals surface area contributed by atoms with Gasteiger partial charge >= 0.3 is 6.03 Å². The highest BCUT2D eigenvalue weighted by Crippen LogP contribution is 2.38. The summed E-state index contributed by atoms with van der Waals surface area (Å²) in [6.07, 6.45) is 2.74. The zero-order valence-corrected chi connectivity index (χ0v) is 14.9. The van der Waals surface area contributed by atoms with Crippen molar-refractivity contribution in [2.45, 2.75) is 31.3 Å². The van der Waals surface area contributed by atoms with Gasteiger partial charge < -0.3 is 15.0 Å². The van der Waals surface area contributed by atoms with Gasteiger partial charge in [0.15, 0.2) is 0 Å². The van der Waals surface area contributed by atoms with Crippen LogP contribution in [0.1, 0.15) is 41.6 Å². The largest absolute Gasteiger partial charge is 0.492 e. The van der Waals surface area contributed by atoms with E-state index in [1.165, 1.54) is 11.1 Å². The fraction of sp³-hybridized carbons (Fsp3) is 0.350. The highest BCUT2D eigenvalue weighted by Gasteiger charge is 2.31. The van der Waals surface area contributed by atoms with E-state index in [4.69, 9.17) is 16.3 Å². The summed E-state index contributed by atoms with van der Waals surface area (Å²) in [6, 6.07) is 14.1. The second-order valence-corrected chi connectivity index (χ2v) is 7.07. The van der Waals surface area contributed by atoms with Gasteiger partial charge in [0.2, 0.25) is 0 Å². The van der Waals surface area contributed by atoms with Crippen molar-refractivity contribution in [2.24, 2.45) is 0 Å². The number of ether oxygens (including phenoxy) is 1. The SMILES string of the molecule is CN(C(=O)N[C@@H]1CCOc2c(Cl)cccc21)[C@H]1CCc2ccccc21. The predicted molar refractivity (Wildman–Crippen MR) is 98.1 cm³/mol. The number of carbonyl (C=O) groups is 1. The summed E-state index contributed by atoms with van der Waals surface area (Å²) in [6.45, 7) is 0.553. The number of urea groups is 1. The number of carbonyl (C=O) groups excluding carboxylic acids is 1. The lowest BCUT2D eigenvalue weighted by molar-refractivity contribution is 0.179. The van der Waals surface area contributed by atoms with Crippen molar-refractivity contribution in [3.63, 3.8) is 0 Å². The average Bonchev–Trinajstić information content (AvgIpc) is 3.06. The number of halogens is 1. The van der Waals surface area contributed by atoms with Crippen molar-refractivity contribution in [3.05, 3.63) is 64.2 Å². The Morgan fingerprint density at radius 3 is 2.84 bits per heavy atom. The van der Waals surface area contributed by atoms with E-state index in [0.29, 0.717) is 17.4 Å². The molecule has 2 aliphatic rings. The van der Waals surface area contributed by atoms with Crippen LogP contribution in [0.25, 0.3) is 0 Å². The second kappa shape index (κ2) is 6.60. The van der Waals surface area contributed by atoms with Gasteiger partial charge in [-0.15, -0.1) is 0 Å². The molecular weight excluding hydrogens is 336 g/mol. The number of fused-ring (bicyclic) bond motifs is 2. The lowest BCUT2D eigenvalue weighted by Crippen LogP contribution is -2.42. The van der Waals surface area contributed by atoms with Gasteiger partial charge in [-0.05, 0) is 30.0 Å². The van der Waals surface area contributed by atoms with Crippen LogP contribution in [-0.4, -0.2) is 24.6 Å². The molecule has 25 heavy (non-hydrogen) atoms. The van der Waals surface area contributed by atoms with E-state index in [2.05, 4.69) is 23.5 Å². The van der Waals surface area contributed by atoms with Crippen LogP contribution in [0, 0.1) is 0 Å². The normalized spacial score (nSPS) is 21.0. The zero-order valence-electron chi connectivity index (χ0n) is 14.2. The molecule has 4 rings (SSSR count). The number of rotatable bonds is 2. The van der Waals surface area contributed by atoms with Gasteiger partial charge in [-0.1, -0.05) is 48.0 Å². The summed E-state index contributed by atoms with van der Waals surface area (Å²) in [7, 11) is 1.88. The first-order chi connectivity index (χ1) is 12.1. The van der Waals surface area contributed by atoms with Crippen LogP contribution in [-0.2, 0) is 6.42 Å². The number of aryl methyl sites for hydroxylation is 1. The van der Waals surface area contributed by atoms with Crippen LogP contribution in [0.5, 0.6) is 5.75 Å². The summed E-state index contributed by atoms with van der Waals surface area (Å²) in [5.74, 6) is 0.689. The molecule has 1 aliphatic carbocycles. The van der Waals surface area contributed by atoms with Gasteiger partial charge in [0.05, 0.1) is 23.7 Å². The monoisotopic (exact) mass is 356 g/mol. The molecule has 5 heteroatoms. The lowest BCUT2D eigenvalue weighted by atomic mass is 10.0. The Morgan fingerprint density at radius 2 is 1.96 bits per heavy atom. The van der Waals surface area contributed by atoms with Crippen molar-refractivity contribution in [1.29, 1.82) is 0 Å². The average molecular weight is 357 g/mol. The standard InChI is InChI=1S/C20H21ClN2O2/c1-23(18-10-9-13-5-2-3-6-14(13)18)20(24)22-17-11-12-25-19-15(17)7-4-8-16(19)21/h2-8,17-18H,9-12H2,1H3,(H,22,24)/t17-,18+/m1/s1. The summed E-state index contributed by atoms with van der Waals surface area (Å²) < 4.78 is 5.68. The molecule has 0 fully saturated rings. The van der Waals surface area contributed by atoms with Gasteiger partial charge in [0.25, 0.3) is 0 Å². The van der Waals surface area contributed by atoms with E-state index >= 15 is 0 Å². The smallest absolute Gasteiger partial charge is 0.318 e. The molecule has 1 heterocycles. The first-order valence-electron chi connectivity index (χ1n) is 8.67. The van der Waals surface area contributed by atoms with Crippen LogP contribution in [0.15, 0.2) is 42.5 Å². The Hall–Kier alpha value is -2.20. The number of hydrogen-bond donors (Lipinski definition) is 1. The third-order valence-electron chi connectivity index (χ3n) is 5.21. The van der Waals surface area contributed by atoms with Crippen molar-refractivity contribution in [3.8, 4) is 5.75 Å². The Bertz CT molecular complexity index is 808. The molecule has 0 radical (unpaired) electrons. The van der Waals surface area contributed by atoms with Crippen molar-refractivity contribution in [2.75, 3.05) is 13.7 Å². The first-order valence-corrected chi connectivity index (χ1v) is 9.05. The molecule has 4 nitrogen and oxygen atoms in total. The Balaban J connectivity index is 1.51. The van der Waals surface area contributed by atoms with Crippen molar-refractivity contribution < 1.29 is 9.53 Å². The fourth-order valence-corrected chi connectivity index (χ4v) is 4.10. The minimum Gasteiger partial charge on any atom is -0.492 e. The molecule has 0 saturated carbocycles. The maximum absolute atomic E-state index is 12.8. The predicted octanol–water partition coefficient (Wildman–Crippen LogP) is 4.49. The molecule has 2 amide bonds. The van der Waals surface area contributed by atoms with E-state index < -0.39 is 0 Å². The Morgan fingerprint density at radius 1 is 1.16 bits per heavy atom. The van der Waals surface area contributed by atoms with E-state index in [-0.39, 0.29) is 18.1 Å². The minimum absolute atomic E-state index is 0.0560. The third-order valence-corrected chi connectivity index (χ3v) is 5.51. The highest BCUT2D eigenvalue weighted by atomic mass is 35.5. The summed E-state index contributed by atoms with van der Waals surface area (Å²) in [5.41, 5.74) is 3.55. The topological polar surface area (TPSA) is 41.6 Å². The number of nitrogens with one attached hydrogen (secondary N) is 1. The van der Waals surface area contributed by atoms with Gasteiger partial charge in [-0.3, -0.25) is 0 Å². The summed E-state index contributed by atoms with van der Waals surface area (Å²) in [5, 5.41) is 3.75. The van der Waals surface area contributed by atoms with E-state index in [1.54, 1.807) is 0 Å². The molecule has 0 aromatic heterocycles. The molecule has 0 bridgehead atoms. The van der Waals surface area contributed by atoms with Gasteiger partial charge in [0, 0.05) is 19.0 Å². The number of nitrogens with zero attached hydrogens (tertiary/aromatic N) is 1. The van der Waals surface area contributed by atoms with E-state index in [1.807, 2.05) is 36.2 Å². The van der Waals surface area contributed by atoms with E-state index in [9.17, 15) is 4.79 Å². The maximum Gasteiger partial charge on any atom is 0.318 e. The van der Waals surface area contributed by atoms with Crippen molar-refractivity contribution in [1.82, 2.24) is 10.2 Å². The lowest BCUT2D eigenvalue weighted by Gasteiger charge is -2.31. The highest BCUT2D eigenvalue weighted by molar-refractivity contribution is 6.32. The molecule has 1 N–H and O–H groups in total. The van der Waals surface area contributed by atoms with Crippen LogP contribution in [0.4, 0.5) is 4.79 Å².